The van der Waals surface area contributed by atoms with E-state index in [2.05, 4.69) is 43.4 Å². The first kappa shape index (κ1) is 13.5. The van der Waals surface area contributed by atoms with E-state index in [1.165, 1.54) is 11.1 Å². The molecule has 1 aliphatic heterocycles. The molecule has 0 saturated carbocycles. The molecule has 1 saturated heterocycles. The van der Waals surface area contributed by atoms with Gasteiger partial charge in [-0.3, -0.25) is 0 Å². The lowest BCUT2D eigenvalue weighted by atomic mass is 9.99. The molecule has 1 N–H and O–H groups in total. The topological polar surface area (TPSA) is 30.5 Å². The first-order valence-corrected chi connectivity index (χ1v) is 6.59. The third-order valence-corrected chi connectivity index (χ3v) is 3.89. The Morgan fingerprint density at radius 1 is 1.44 bits per heavy atom. The second-order valence-corrected chi connectivity index (χ2v) is 5.15. The van der Waals surface area contributed by atoms with Crippen molar-refractivity contribution in [3.63, 3.8) is 0 Å². The Balaban J connectivity index is 1.96. The van der Waals surface area contributed by atoms with Crippen LogP contribution in [-0.2, 0) is 9.47 Å². The molecule has 3 heteroatoms. The van der Waals surface area contributed by atoms with Crippen LogP contribution < -0.4 is 5.32 Å². The highest BCUT2D eigenvalue weighted by Gasteiger charge is 2.34. The molecular weight excluding hydrogens is 226 g/mol. The lowest BCUT2D eigenvalue weighted by molar-refractivity contribution is -0.0172. The van der Waals surface area contributed by atoms with Gasteiger partial charge < -0.3 is 14.8 Å². The van der Waals surface area contributed by atoms with E-state index in [-0.39, 0.29) is 5.60 Å². The van der Waals surface area contributed by atoms with Crippen molar-refractivity contribution in [1.29, 1.82) is 0 Å². The van der Waals surface area contributed by atoms with E-state index < -0.39 is 0 Å². The molecule has 1 fully saturated rings. The summed E-state index contributed by atoms with van der Waals surface area (Å²) in [5, 5.41) is 3.57. The summed E-state index contributed by atoms with van der Waals surface area (Å²) in [6.07, 6.45) is 0.969. The van der Waals surface area contributed by atoms with Gasteiger partial charge in [0.2, 0.25) is 0 Å². The average molecular weight is 249 g/mol. The van der Waals surface area contributed by atoms with E-state index in [0.717, 1.165) is 19.6 Å². The van der Waals surface area contributed by atoms with E-state index in [4.69, 9.17) is 9.47 Å². The van der Waals surface area contributed by atoms with Crippen LogP contribution in [0.4, 0.5) is 0 Å². The molecule has 18 heavy (non-hydrogen) atoms. The molecule has 0 aliphatic carbocycles. The second-order valence-electron chi connectivity index (χ2n) is 5.15. The van der Waals surface area contributed by atoms with Crippen LogP contribution in [-0.4, -0.2) is 32.5 Å². The van der Waals surface area contributed by atoms with Crippen LogP contribution in [0.3, 0.4) is 0 Å². The zero-order chi connectivity index (χ0) is 13.0. The van der Waals surface area contributed by atoms with Gasteiger partial charge in [0.1, 0.15) is 5.60 Å². The summed E-state index contributed by atoms with van der Waals surface area (Å²) < 4.78 is 11.1. The van der Waals surface area contributed by atoms with Gasteiger partial charge in [0, 0.05) is 32.7 Å². The summed E-state index contributed by atoms with van der Waals surface area (Å²) in [7, 11) is 1.77. The highest BCUT2D eigenvalue weighted by molar-refractivity contribution is 5.28. The molecule has 1 aliphatic rings. The number of rotatable bonds is 5. The van der Waals surface area contributed by atoms with Crippen molar-refractivity contribution >= 4 is 0 Å². The molecule has 0 amide bonds. The fourth-order valence-electron chi connectivity index (χ4n) is 2.48. The number of ether oxygens (including phenoxy) is 2. The van der Waals surface area contributed by atoms with Crippen molar-refractivity contribution in [3.05, 3.63) is 35.4 Å². The molecule has 1 aromatic rings. The van der Waals surface area contributed by atoms with Gasteiger partial charge in [0.15, 0.2) is 0 Å². The molecule has 3 nitrogen and oxygen atoms in total. The van der Waals surface area contributed by atoms with Crippen molar-refractivity contribution in [1.82, 2.24) is 5.32 Å². The highest BCUT2D eigenvalue weighted by atomic mass is 16.5. The molecular formula is C15H23NO2. The zero-order valence-corrected chi connectivity index (χ0v) is 11.5. The van der Waals surface area contributed by atoms with Gasteiger partial charge in [-0.25, -0.2) is 0 Å². The third-order valence-electron chi connectivity index (χ3n) is 3.89. The standard InChI is InChI=1S/C15H23NO2/c1-12-6-4-5-7-14(12)13(2)16-10-15(17-3)8-9-18-11-15/h4-7,13,16H,8-11H2,1-3H3. The fraction of sp³-hybridized carbons (Fsp3) is 0.600. The van der Waals surface area contributed by atoms with Crippen molar-refractivity contribution in [2.45, 2.75) is 31.9 Å². The molecule has 0 bridgehead atoms. The molecule has 1 heterocycles. The van der Waals surface area contributed by atoms with Gasteiger partial charge in [0.05, 0.1) is 6.61 Å². The monoisotopic (exact) mass is 249 g/mol. The van der Waals surface area contributed by atoms with Crippen LogP contribution in [0.1, 0.15) is 30.5 Å². The Kier molecular flexibility index (Phi) is 4.38. The smallest absolute Gasteiger partial charge is 0.106 e. The summed E-state index contributed by atoms with van der Waals surface area (Å²) in [5.74, 6) is 0. The number of aryl methyl sites for hydroxylation is 1. The van der Waals surface area contributed by atoms with Gasteiger partial charge in [-0.1, -0.05) is 24.3 Å². The maximum atomic E-state index is 5.63. The summed E-state index contributed by atoms with van der Waals surface area (Å²) in [6, 6.07) is 8.83. The Labute approximate surface area is 109 Å². The van der Waals surface area contributed by atoms with Crippen molar-refractivity contribution in [2.24, 2.45) is 0 Å². The van der Waals surface area contributed by atoms with Crippen LogP contribution >= 0.6 is 0 Å². The molecule has 0 aromatic heterocycles. The maximum absolute atomic E-state index is 5.63. The summed E-state index contributed by atoms with van der Waals surface area (Å²) >= 11 is 0. The lowest BCUT2D eigenvalue weighted by Crippen LogP contribution is -2.43. The quantitative estimate of drug-likeness (QED) is 0.869. The second kappa shape index (κ2) is 5.83. The van der Waals surface area contributed by atoms with Crippen LogP contribution in [0.15, 0.2) is 24.3 Å². The highest BCUT2D eigenvalue weighted by Crippen LogP contribution is 2.23. The summed E-state index contributed by atoms with van der Waals surface area (Å²) in [6.45, 7) is 6.67. The van der Waals surface area contributed by atoms with Crippen LogP contribution in [0.5, 0.6) is 0 Å². The van der Waals surface area contributed by atoms with Crippen molar-refractivity contribution < 1.29 is 9.47 Å². The summed E-state index contributed by atoms with van der Waals surface area (Å²) in [5.41, 5.74) is 2.53. The third kappa shape index (κ3) is 2.91. The van der Waals surface area contributed by atoms with E-state index in [1.807, 2.05) is 0 Å². The number of hydrogen-bond acceptors (Lipinski definition) is 3. The van der Waals surface area contributed by atoms with E-state index in [9.17, 15) is 0 Å². The van der Waals surface area contributed by atoms with E-state index in [0.29, 0.717) is 12.6 Å². The molecule has 0 spiro atoms. The van der Waals surface area contributed by atoms with Crippen LogP contribution in [0.25, 0.3) is 0 Å². The lowest BCUT2D eigenvalue weighted by Gasteiger charge is -2.28. The Morgan fingerprint density at radius 2 is 2.22 bits per heavy atom. The number of benzene rings is 1. The van der Waals surface area contributed by atoms with E-state index >= 15 is 0 Å². The number of hydrogen-bond donors (Lipinski definition) is 1. The number of methoxy groups -OCH3 is 1. The minimum absolute atomic E-state index is 0.142. The van der Waals surface area contributed by atoms with Gasteiger partial charge in [-0.2, -0.15) is 0 Å². The largest absolute Gasteiger partial charge is 0.378 e. The first-order chi connectivity index (χ1) is 8.67. The minimum atomic E-state index is -0.142. The Bertz CT molecular complexity index is 386. The molecule has 100 valence electrons. The van der Waals surface area contributed by atoms with Crippen LogP contribution in [0, 0.1) is 6.92 Å². The molecule has 2 rings (SSSR count). The Morgan fingerprint density at radius 3 is 2.83 bits per heavy atom. The average Bonchev–Trinajstić information content (AvgIpc) is 2.86. The minimum Gasteiger partial charge on any atom is -0.378 e. The molecule has 1 aromatic carbocycles. The SMILES string of the molecule is COC1(CNC(C)c2ccccc2C)CCOC1. The van der Waals surface area contributed by atoms with Crippen LogP contribution in [0.2, 0.25) is 0 Å². The van der Waals surface area contributed by atoms with Gasteiger partial charge in [-0.15, -0.1) is 0 Å². The molecule has 2 atom stereocenters. The van der Waals surface area contributed by atoms with Crippen molar-refractivity contribution in [2.75, 3.05) is 26.9 Å². The normalized spacial score (nSPS) is 25.3. The predicted molar refractivity (Wildman–Crippen MR) is 72.8 cm³/mol. The van der Waals surface area contributed by atoms with E-state index in [1.54, 1.807) is 7.11 Å². The number of nitrogens with one attached hydrogen (secondary N) is 1. The van der Waals surface area contributed by atoms with Gasteiger partial charge >= 0.3 is 0 Å². The molecule has 0 radical (unpaired) electrons. The van der Waals surface area contributed by atoms with Gasteiger partial charge in [0.25, 0.3) is 0 Å². The van der Waals surface area contributed by atoms with Gasteiger partial charge in [-0.05, 0) is 25.0 Å². The first-order valence-electron chi connectivity index (χ1n) is 6.59. The van der Waals surface area contributed by atoms with Crippen molar-refractivity contribution in [3.8, 4) is 0 Å². The zero-order valence-electron chi connectivity index (χ0n) is 11.5. The predicted octanol–water partition coefficient (Wildman–Crippen LogP) is 2.45. The maximum Gasteiger partial charge on any atom is 0.106 e. The fourth-order valence-corrected chi connectivity index (χ4v) is 2.48. The Hall–Kier alpha value is -0.900. The molecule has 2 unspecified atom stereocenters. The summed E-state index contributed by atoms with van der Waals surface area (Å²) in [4.78, 5) is 0.